The average Bonchev–Trinajstić information content (AvgIpc) is 2.61. The van der Waals surface area contributed by atoms with E-state index in [1.165, 1.54) is 88.8 Å². The molecule has 0 aliphatic rings. The first-order valence-corrected chi connectivity index (χ1v) is 10.3. The number of esters is 1. The van der Waals surface area contributed by atoms with Crippen LogP contribution in [-0.2, 0) is 4.74 Å². The van der Waals surface area contributed by atoms with Crippen molar-refractivity contribution in [1.82, 2.24) is 0 Å². The topological polar surface area (TPSA) is 66.8 Å². The standard InChI is InChI=1S/C22H36O4/c1-2-3-4-5-6-7-8-9-10-11-12-13-14-15-26-22(25)19-16-20(23)18-21(24)17-19/h16-18,23-24H,2-15H2,1H3. The van der Waals surface area contributed by atoms with Crippen molar-refractivity contribution in [2.45, 2.75) is 90.4 Å². The molecule has 0 amide bonds. The van der Waals surface area contributed by atoms with E-state index in [1.54, 1.807) is 0 Å². The van der Waals surface area contributed by atoms with Crippen molar-refractivity contribution >= 4 is 5.97 Å². The maximum atomic E-state index is 11.8. The van der Waals surface area contributed by atoms with Crippen LogP contribution >= 0.6 is 0 Å². The minimum atomic E-state index is -0.505. The highest BCUT2D eigenvalue weighted by molar-refractivity contribution is 5.90. The number of hydrogen-bond acceptors (Lipinski definition) is 4. The molecule has 0 unspecified atom stereocenters. The molecule has 0 saturated carbocycles. The Hall–Kier alpha value is -1.71. The Balaban J connectivity index is 1.91. The Morgan fingerprint density at radius 3 is 1.62 bits per heavy atom. The van der Waals surface area contributed by atoms with Crippen LogP contribution in [0, 0.1) is 0 Å². The van der Waals surface area contributed by atoms with Crippen molar-refractivity contribution in [2.24, 2.45) is 0 Å². The van der Waals surface area contributed by atoms with Gasteiger partial charge >= 0.3 is 5.97 Å². The molecule has 2 N–H and O–H groups in total. The summed E-state index contributed by atoms with van der Waals surface area (Å²) in [7, 11) is 0. The minimum Gasteiger partial charge on any atom is -0.508 e. The van der Waals surface area contributed by atoms with Crippen molar-refractivity contribution < 1.29 is 19.7 Å². The lowest BCUT2D eigenvalue weighted by molar-refractivity contribution is 0.0496. The van der Waals surface area contributed by atoms with Crippen molar-refractivity contribution in [3.8, 4) is 11.5 Å². The lowest BCUT2D eigenvalue weighted by Crippen LogP contribution is -2.06. The lowest BCUT2D eigenvalue weighted by Gasteiger charge is -2.06. The fourth-order valence-electron chi connectivity index (χ4n) is 3.08. The fourth-order valence-corrected chi connectivity index (χ4v) is 3.08. The second-order valence-corrected chi connectivity index (χ2v) is 7.12. The summed E-state index contributed by atoms with van der Waals surface area (Å²) in [5, 5.41) is 18.7. The third kappa shape index (κ3) is 11.0. The number of ether oxygens (including phenoxy) is 1. The van der Waals surface area contributed by atoms with Gasteiger partial charge in [0.15, 0.2) is 0 Å². The first-order valence-electron chi connectivity index (χ1n) is 10.3. The van der Waals surface area contributed by atoms with Gasteiger partial charge in [0.2, 0.25) is 0 Å². The van der Waals surface area contributed by atoms with Crippen LogP contribution in [-0.4, -0.2) is 22.8 Å². The molecule has 4 nitrogen and oxygen atoms in total. The number of benzene rings is 1. The van der Waals surface area contributed by atoms with E-state index in [1.807, 2.05) is 0 Å². The fraction of sp³-hybridized carbons (Fsp3) is 0.682. The van der Waals surface area contributed by atoms with E-state index in [4.69, 9.17) is 4.74 Å². The van der Waals surface area contributed by atoms with E-state index >= 15 is 0 Å². The van der Waals surface area contributed by atoms with Crippen LogP contribution in [0.3, 0.4) is 0 Å². The molecule has 0 spiro atoms. The summed E-state index contributed by atoms with van der Waals surface area (Å²) >= 11 is 0. The zero-order valence-electron chi connectivity index (χ0n) is 16.3. The van der Waals surface area contributed by atoms with E-state index in [9.17, 15) is 15.0 Å². The van der Waals surface area contributed by atoms with Gasteiger partial charge in [-0.15, -0.1) is 0 Å². The van der Waals surface area contributed by atoms with Gasteiger partial charge < -0.3 is 14.9 Å². The predicted octanol–water partition coefficient (Wildman–Crippen LogP) is 6.35. The molecule has 0 bridgehead atoms. The summed E-state index contributed by atoms with van der Waals surface area (Å²) in [4.78, 5) is 11.8. The summed E-state index contributed by atoms with van der Waals surface area (Å²) in [5.41, 5.74) is 0.178. The van der Waals surface area contributed by atoms with Gasteiger partial charge in [0.05, 0.1) is 12.2 Å². The monoisotopic (exact) mass is 364 g/mol. The van der Waals surface area contributed by atoms with Crippen molar-refractivity contribution in [2.75, 3.05) is 6.61 Å². The molecule has 0 atom stereocenters. The Kier molecular flexibility index (Phi) is 12.4. The Bertz CT molecular complexity index is 479. The number of unbranched alkanes of at least 4 members (excludes halogenated alkanes) is 12. The van der Waals surface area contributed by atoms with Crippen molar-refractivity contribution in [3.05, 3.63) is 23.8 Å². The molecule has 0 aliphatic carbocycles. The first kappa shape index (κ1) is 22.3. The third-order valence-corrected chi connectivity index (χ3v) is 4.62. The van der Waals surface area contributed by atoms with Crippen LogP contribution in [0.15, 0.2) is 18.2 Å². The highest BCUT2D eigenvalue weighted by atomic mass is 16.5. The second-order valence-electron chi connectivity index (χ2n) is 7.12. The Labute approximate surface area is 158 Å². The maximum absolute atomic E-state index is 11.8. The molecule has 0 radical (unpaired) electrons. The van der Waals surface area contributed by atoms with Crippen LogP contribution in [0.4, 0.5) is 0 Å². The zero-order chi connectivity index (χ0) is 19.0. The number of rotatable bonds is 15. The maximum Gasteiger partial charge on any atom is 0.338 e. The quantitative estimate of drug-likeness (QED) is 0.281. The van der Waals surface area contributed by atoms with Gasteiger partial charge in [-0.25, -0.2) is 4.79 Å². The van der Waals surface area contributed by atoms with E-state index in [0.29, 0.717) is 6.61 Å². The number of carbonyl (C=O) groups is 1. The van der Waals surface area contributed by atoms with Gasteiger partial charge in [-0.05, 0) is 18.6 Å². The van der Waals surface area contributed by atoms with Gasteiger partial charge in [0.25, 0.3) is 0 Å². The summed E-state index contributed by atoms with van der Waals surface area (Å²) < 4.78 is 5.18. The summed E-state index contributed by atoms with van der Waals surface area (Å²) in [6, 6.07) is 3.78. The predicted molar refractivity (Wildman–Crippen MR) is 106 cm³/mol. The van der Waals surface area contributed by atoms with Crippen LogP contribution in [0.1, 0.15) is 101 Å². The SMILES string of the molecule is CCCCCCCCCCCCCCCOC(=O)c1cc(O)cc(O)c1. The first-order chi connectivity index (χ1) is 12.6. The molecular formula is C22H36O4. The molecule has 26 heavy (non-hydrogen) atoms. The highest BCUT2D eigenvalue weighted by Crippen LogP contribution is 2.21. The number of phenolic OH excluding ortho intramolecular Hbond substituents is 2. The number of aromatic hydroxyl groups is 2. The molecule has 0 heterocycles. The minimum absolute atomic E-state index is 0.141. The van der Waals surface area contributed by atoms with Crippen LogP contribution < -0.4 is 0 Å². The lowest BCUT2D eigenvalue weighted by atomic mass is 10.0. The van der Waals surface area contributed by atoms with E-state index < -0.39 is 5.97 Å². The third-order valence-electron chi connectivity index (χ3n) is 4.62. The summed E-state index contributed by atoms with van der Waals surface area (Å²) in [6.45, 7) is 2.64. The molecule has 1 rings (SSSR count). The molecule has 1 aromatic carbocycles. The molecular weight excluding hydrogens is 328 g/mol. The highest BCUT2D eigenvalue weighted by Gasteiger charge is 2.09. The zero-order valence-corrected chi connectivity index (χ0v) is 16.3. The molecule has 1 aromatic rings. The summed E-state index contributed by atoms with van der Waals surface area (Å²) in [5.74, 6) is -0.786. The van der Waals surface area contributed by atoms with Gasteiger partial charge in [-0.2, -0.15) is 0 Å². The Morgan fingerprint density at radius 1 is 0.731 bits per heavy atom. The molecule has 0 aliphatic heterocycles. The summed E-state index contributed by atoms with van der Waals surface area (Å²) in [6.07, 6.45) is 16.6. The van der Waals surface area contributed by atoms with Gasteiger partial charge in [-0.3, -0.25) is 0 Å². The van der Waals surface area contributed by atoms with Gasteiger partial charge in [0, 0.05) is 6.07 Å². The van der Waals surface area contributed by atoms with E-state index in [0.717, 1.165) is 12.8 Å². The van der Waals surface area contributed by atoms with E-state index in [-0.39, 0.29) is 17.1 Å². The van der Waals surface area contributed by atoms with E-state index in [2.05, 4.69) is 6.92 Å². The molecule has 148 valence electrons. The van der Waals surface area contributed by atoms with Crippen molar-refractivity contribution in [3.63, 3.8) is 0 Å². The normalized spacial score (nSPS) is 10.8. The molecule has 0 aromatic heterocycles. The largest absolute Gasteiger partial charge is 0.508 e. The average molecular weight is 365 g/mol. The number of carbonyl (C=O) groups excluding carboxylic acids is 1. The van der Waals surface area contributed by atoms with Crippen LogP contribution in [0.2, 0.25) is 0 Å². The molecule has 0 saturated heterocycles. The molecule has 0 fully saturated rings. The number of hydrogen-bond donors (Lipinski definition) is 2. The van der Waals surface area contributed by atoms with Gasteiger partial charge in [-0.1, -0.05) is 84.0 Å². The smallest absolute Gasteiger partial charge is 0.338 e. The number of phenols is 2. The van der Waals surface area contributed by atoms with Crippen LogP contribution in [0.5, 0.6) is 11.5 Å². The van der Waals surface area contributed by atoms with Crippen molar-refractivity contribution in [1.29, 1.82) is 0 Å². The molecule has 4 heteroatoms. The Morgan fingerprint density at radius 2 is 1.15 bits per heavy atom. The van der Waals surface area contributed by atoms with Gasteiger partial charge in [0.1, 0.15) is 11.5 Å². The second kappa shape index (κ2) is 14.5. The van der Waals surface area contributed by atoms with Crippen LogP contribution in [0.25, 0.3) is 0 Å².